The van der Waals surface area contributed by atoms with Gasteiger partial charge in [-0.1, -0.05) is 36.4 Å². The van der Waals surface area contributed by atoms with Crippen LogP contribution in [0.5, 0.6) is 5.75 Å². The van der Waals surface area contributed by atoms with Crippen molar-refractivity contribution in [1.29, 1.82) is 0 Å². The van der Waals surface area contributed by atoms with E-state index in [1.165, 1.54) is 13.0 Å². The molecule has 0 saturated carbocycles. The molecule has 242 valence electrons. The number of halogens is 4. The predicted molar refractivity (Wildman–Crippen MR) is 158 cm³/mol. The van der Waals surface area contributed by atoms with Gasteiger partial charge in [0.2, 0.25) is 5.60 Å². The lowest BCUT2D eigenvalue weighted by Gasteiger charge is -2.35. The number of nitrogens with zero attached hydrogens (tertiary/aromatic N) is 4. The number of carbonyl (C=O) groups excluding carboxylic acids is 1. The third-order valence-electron chi connectivity index (χ3n) is 7.02. The van der Waals surface area contributed by atoms with Crippen molar-refractivity contribution in [1.82, 2.24) is 24.6 Å². The lowest BCUT2D eigenvalue weighted by molar-refractivity contribution is -0.241. The number of benzene rings is 2. The van der Waals surface area contributed by atoms with E-state index < -0.39 is 61.6 Å². The van der Waals surface area contributed by atoms with Crippen LogP contribution in [0.4, 0.5) is 23.4 Å². The zero-order valence-electron chi connectivity index (χ0n) is 24.0. The number of nitrogen functional groups attached to an aromatic ring is 1. The molecule has 2 aromatic heterocycles. The Morgan fingerprint density at radius 1 is 1.18 bits per heavy atom. The van der Waals surface area contributed by atoms with Gasteiger partial charge in [-0.15, -0.1) is 0 Å². The number of carbonyl (C=O) groups is 1. The van der Waals surface area contributed by atoms with Gasteiger partial charge < -0.3 is 29.4 Å². The lowest BCUT2D eigenvalue weighted by atomic mass is 9.95. The molecule has 0 bridgehead atoms. The van der Waals surface area contributed by atoms with E-state index in [1.807, 2.05) is 0 Å². The molecule has 5 atom stereocenters. The van der Waals surface area contributed by atoms with Crippen LogP contribution in [0.1, 0.15) is 27.0 Å². The summed E-state index contributed by atoms with van der Waals surface area (Å²) in [6.45, 7) is -1.11. The minimum atomic E-state index is -4.61. The van der Waals surface area contributed by atoms with Gasteiger partial charge in [-0.2, -0.15) is 8.78 Å². The summed E-state index contributed by atoms with van der Waals surface area (Å²) in [4.78, 5) is 24.2. The Labute approximate surface area is 259 Å². The van der Waals surface area contributed by atoms with Gasteiger partial charge in [0.25, 0.3) is 6.43 Å². The monoisotopic (exact) mass is 672 g/mol. The summed E-state index contributed by atoms with van der Waals surface area (Å²) in [7, 11) is 0. The Kier molecular flexibility index (Phi) is 9.05. The summed E-state index contributed by atoms with van der Waals surface area (Å²) in [6, 6.07) is 10.7. The number of esters is 1. The van der Waals surface area contributed by atoms with Crippen LogP contribution in [0.15, 0.2) is 55.1 Å². The summed E-state index contributed by atoms with van der Waals surface area (Å²) in [5, 5.41) is 14.6. The van der Waals surface area contributed by atoms with Gasteiger partial charge in [0.05, 0.1) is 19.0 Å². The fraction of sp³-hybridized carbons (Fsp3) is 0.407. The molecule has 1 saturated heterocycles. The summed E-state index contributed by atoms with van der Waals surface area (Å²) in [5.74, 6) is -5.36. The Hall–Kier alpha value is -3.47. The number of nitrogens with two attached hydrogens (primary N) is 1. The Morgan fingerprint density at radius 2 is 1.89 bits per heavy atom. The number of aliphatic hydroxyl groups is 1. The smallest absolute Gasteiger partial charge is 0.323 e. The van der Waals surface area contributed by atoms with Gasteiger partial charge in [0, 0.05) is 5.39 Å². The van der Waals surface area contributed by atoms with E-state index in [0.717, 1.165) is 22.6 Å². The number of aromatic nitrogens is 4. The zero-order valence-corrected chi connectivity index (χ0v) is 25.7. The van der Waals surface area contributed by atoms with Crippen molar-refractivity contribution in [2.75, 3.05) is 12.3 Å². The van der Waals surface area contributed by atoms with Crippen molar-refractivity contribution in [3.63, 3.8) is 0 Å². The van der Waals surface area contributed by atoms with E-state index in [1.54, 1.807) is 50.2 Å². The van der Waals surface area contributed by atoms with Gasteiger partial charge >= 0.3 is 18.5 Å². The molecule has 1 aliphatic heterocycles. The fourth-order valence-electron chi connectivity index (χ4n) is 4.74. The molecule has 45 heavy (non-hydrogen) atoms. The second kappa shape index (κ2) is 12.4. The molecule has 5 unspecified atom stereocenters. The first kappa shape index (κ1) is 32.9. The largest absolute Gasteiger partial charge is 0.462 e. The third kappa shape index (κ3) is 6.07. The highest BCUT2D eigenvalue weighted by Crippen LogP contribution is 2.55. The van der Waals surface area contributed by atoms with Crippen molar-refractivity contribution in [2.24, 2.45) is 0 Å². The second-order valence-electron chi connectivity index (χ2n) is 10.5. The van der Waals surface area contributed by atoms with E-state index in [-0.39, 0.29) is 22.7 Å². The molecule has 12 nitrogen and oxygen atoms in total. The average molecular weight is 673 g/mol. The number of rotatable bonds is 11. The molecule has 4 N–H and O–H groups in total. The van der Waals surface area contributed by atoms with Gasteiger partial charge in [0.15, 0.2) is 23.8 Å². The maximum atomic E-state index is 15.8. The Balaban J connectivity index is 1.50. The van der Waals surface area contributed by atoms with Crippen LogP contribution in [-0.2, 0) is 30.6 Å². The van der Waals surface area contributed by atoms with Crippen molar-refractivity contribution >= 4 is 52.2 Å². The summed E-state index contributed by atoms with van der Waals surface area (Å²) in [5.41, 5.74) is 1.86. The lowest BCUT2D eigenvalue weighted by Crippen LogP contribution is -2.57. The number of hydrogen-bond donors (Lipinski definition) is 3. The van der Waals surface area contributed by atoms with E-state index in [2.05, 4.69) is 20.0 Å². The summed E-state index contributed by atoms with van der Waals surface area (Å²) >= 11 is 5.61. The first-order chi connectivity index (χ1) is 21.2. The first-order valence-electron chi connectivity index (χ1n) is 13.5. The van der Waals surface area contributed by atoms with Crippen molar-refractivity contribution < 1.29 is 46.0 Å². The number of fused-ring (bicyclic) bond motifs is 2. The minimum absolute atomic E-state index is 0.0205. The summed E-state index contributed by atoms with van der Waals surface area (Å²) < 4.78 is 84.1. The number of imidazole rings is 1. The molecule has 1 fully saturated rings. The maximum Gasteiger partial charge on any atom is 0.323 e. The number of alkyl halides is 4. The van der Waals surface area contributed by atoms with E-state index in [4.69, 9.17) is 36.1 Å². The molecule has 0 spiro atoms. The van der Waals surface area contributed by atoms with Crippen molar-refractivity contribution in [3.05, 3.63) is 55.1 Å². The third-order valence-corrected chi connectivity index (χ3v) is 9.49. The van der Waals surface area contributed by atoms with Crippen molar-refractivity contribution in [2.45, 2.75) is 63.2 Å². The van der Waals surface area contributed by atoms with E-state index >= 15 is 8.78 Å². The van der Waals surface area contributed by atoms with Crippen molar-refractivity contribution in [3.8, 4) is 5.75 Å². The number of anilines is 1. The van der Waals surface area contributed by atoms with Crippen LogP contribution in [0.25, 0.3) is 21.9 Å². The molecule has 0 amide bonds. The number of hydrogen-bond acceptors (Lipinski definition) is 11. The summed E-state index contributed by atoms with van der Waals surface area (Å²) in [6.07, 6.45) is -7.36. The molecule has 0 aliphatic carbocycles. The number of ether oxygens (including phenoxy) is 2. The molecule has 1 aliphatic rings. The molecule has 4 aromatic rings. The Bertz CT molecular complexity index is 1760. The van der Waals surface area contributed by atoms with Gasteiger partial charge in [-0.05, 0) is 44.0 Å². The standard InChI is InChI=1S/C27H29F4N6O6PS/c1-14(2)41-24(39)15(3)36-44(45,43-18-10-6-8-16-7-4-5-9-17(16)18)40-11-26(25(28)29)27(30,31)20(38)23(42-26)37-13-35-19-21(32)33-12-34-22(19)37/h4-10,12-15,20,23,25,38H,11H2,1-3H3,(H,36,45)(H2,32,33,34). The average Bonchev–Trinajstić information content (AvgIpc) is 3.49. The maximum absolute atomic E-state index is 15.8. The van der Waals surface area contributed by atoms with Crippen LogP contribution in [0, 0.1) is 0 Å². The van der Waals surface area contributed by atoms with Crippen LogP contribution in [0.3, 0.4) is 0 Å². The van der Waals surface area contributed by atoms with Gasteiger partial charge in [0.1, 0.15) is 23.6 Å². The number of aliphatic hydroxyl groups excluding tert-OH is 1. The molecule has 0 radical (unpaired) electrons. The van der Waals surface area contributed by atoms with Gasteiger partial charge in [-0.3, -0.25) is 9.36 Å². The first-order valence-corrected chi connectivity index (χ1v) is 16.2. The fourth-order valence-corrected chi connectivity index (χ4v) is 7.16. The molecular weight excluding hydrogens is 643 g/mol. The Morgan fingerprint density at radius 3 is 2.60 bits per heavy atom. The molecule has 18 heteroatoms. The normalized spacial score (nSPS) is 23.4. The van der Waals surface area contributed by atoms with Crippen LogP contribution < -0.4 is 15.3 Å². The highest BCUT2D eigenvalue weighted by Gasteiger charge is 2.74. The highest BCUT2D eigenvalue weighted by molar-refractivity contribution is 8.09. The minimum Gasteiger partial charge on any atom is -0.462 e. The molecule has 2 aromatic carbocycles. The zero-order chi connectivity index (χ0) is 32.7. The molecule has 5 rings (SSSR count). The second-order valence-corrected chi connectivity index (χ2v) is 13.7. The quantitative estimate of drug-likeness (QED) is 0.118. The highest BCUT2D eigenvalue weighted by atomic mass is 32.5. The van der Waals surface area contributed by atoms with E-state index in [9.17, 15) is 18.7 Å². The van der Waals surface area contributed by atoms with Crippen LogP contribution in [0.2, 0.25) is 0 Å². The predicted octanol–water partition coefficient (Wildman–Crippen LogP) is 4.34. The van der Waals surface area contributed by atoms with E-state index in [0.29, 0.717) is 5.39 Å². The molecule has 3 heterocycles. The number of nitrogens with one attached hydrogen (secondary N) is 1. The van der Waals surface area contributed by atoms with Crippen LogP contribution in [-0.4, -0.2) is 73.4 Å². The van der Waals surface area contributed by atoms with Crippen LogP contribution >= 0.6 is 6.64 Å². The topological polar surface area (TPSA) is 156 Å². The van der Waals surface area contributed by atoms with Gasteiger partial charge in [-0.25, -0.2) is 28.8 Å². The SMILES string of the molecule is CC(C)OC(=O)C(C)NP(=S)(OCC1(C(F)F)OC(n2cnc3c(N)ncnc32)C(O)C1(F)F)Oc1cccc2ccccc12. The molecular formula is C27H29F4N6O6PS.